The van der Waals surface area contributed by atoms with E-state index in [0.717, 1.165) is 25.4 Å². The molecule has 1 aliphatic carbocycles. The fourth-order valence-corrected chi connectivity index (χ4v) is 4.08. The van der Waals surface area contributed by atoms with E-state index in [1.54, 1.807) is 0 Å². The fraction of sp³-hybridized carbons (Fsp3) is 0.571. The summed E-state index contributed by atoms with van der Waals surface area (Å²) in [6, 6.07) is 10.1. The van der Waals surface area contributed by atoms with Crippen molar-refractivity contribution in [3.8, 4) is 0 Å². The molecule has 1 aromatic heterocycles. The first-order valence-corrected chi connectivity index (χ1v) is 9.92. The van der Waals surface area contributed by atoms with Crippen molar-refractivity contribution in [2.45, 2.75) is 57.3 Å². The number of hydrogen-bond donors (Lipinski definition) is 0. The molecule has 0 bridgehead atoms. The minimum absolute atomic E-state index is 0.200. The van der Waals surface area contributed by atoms with Crippen LogP contribution in [-0.2, 0) is 11.2 Å². The Kier molecular flexibility index (Phi) is 5.32. The zero-order valence-corrected chi connectivity index (χ0v) is 15.3. The van der Waals surface area contributed by atoms with E-state index >= 15 is 0 Å². The first kappa shape index (κ1) is 17.3. The maximum Gasteiger partial charge on any atom is 0.233 e. The van der Waals surface area contributed by atoms with Gasteiger partial charge in [0.1, 0.15) is 0 Å². The number of carbonyl (C=O) groups excluding carboxylic acids is 1. The molecule has 0 spiro atoms. The van der Waals surface area contributed by atoms with Gasteiger partial charge in [-0.05, 0) is 17.9 Å². The van der Waals surface area contributed by atoms with Crippen molar-refractivity contribution in [3.63, 3.8) is 0 Å². The van der Waals surface area contributed by atoms with Gasteiger partial charge >= 0.3 is 0 Å². The van der Waals surface area contributed by atoms with Crippen LogP contribution in [0, 0.1) is 5.92 Å². The molecule has 2 fully saturated rings. The Bertz CT molecular complexity index is 716. The number of aromatic nitrogens is 2. The largest absolute Gasteiger partial charge is 0.341 e. The molecular formula is C21H27N3O2. The summed E-state index contributed by atoms with van der Waals surface area (Å²) in [7, 11) is 0. The zero-order chi connectivity index (χ0) is 17.8. The van der Waals surface area contributed by atoms with Crippen LogP contribution in [0.3, 0.4) is 0 Å². The SMILES string of the molecule is O=C(CCC1CCCCC1)N1CC(c2nc(Cc3ccccc3)no2)C1. The van der Waals surface area contributed by atoms with E-state index in [1.807, 2.05) is 23.1 Å². The number of benzene rings is 1. The van der Waals surface area contributed by atoms with Gasteiger partial charge in [0.15, 0.2) is 5.82 Å². The lowest BCUT2D eigenvalue weighted by atomic mass is 9.86. The van der Waals surface area contributed by atoms with Crippen LogP contribution in [0.5, 0.6) is 0 Å². The van der Waals surface area contributed by atoms with Crippen molar-refractivity contribution < 1.29 is 9.32 Å². The van der Waals surface area contributed by atoms with Crippen molar-refractivity contribution in [1.29, 1.82) is 0 Å². The van der Waals surface area contributed by atoms with Crippen LogP contribution < -0.4 is 0 Å². The minimum Gasteiger partial charge on any atom is -0.341 e. The second-order valence-corrected chi connectivity index (χ2v) is 7.75. The van der Waals surface area contributed by atoms with Gasteiger partial charge in [-0.25, -0.2) is 0 Å². The Morgan fingerprint density at radius 3 is 2.65 bits per heavy atom. The molecule has 0 unspecified atom stereocenters. The Labute approximate surface area is 154 Å². The number of nitrogens with zero attached hydrogens (tertiary/aromatic N) is 3. The number of amides is 1. The normalized spacial score (nSPS) is 18.7. The molecule has 26 heavy (non-hydrogen) atoms. The number of carbonyl (C=O) groups is 1. The van der Waals surface area contributed by atoms with E-state index in [2.05, 4.69) is 22.3 Å². The van der Waals surface area contributed by atoms with Gasteiger partial charge in [0.05, 0.1) is 5.92 Å². The number of rotatable bonds is 6. The Hall–Kier alpha value is -2.17. The Balaban J connectivity index is 1.22. The number of hydrogen-bond acceptors (Lipinski definition) is 4. The molecule has 0 radical (unpaired) electrons. The monoisotopic (exact) mass is 353 g/mol. The molecule has 0 atom stereocenters. The van der Waals surface area contributed by atoms with Gasteiger partial charge in [-0.15, -0.1) is 0 Å². The third-order valence-corrected chi connectivity index (χ3v) is 5.76. The van der Waals surface area contributed by atoms with Gasteiger partial charge in [0.2, 0.25) is 11.8 Å². The van der Waals surface area contributed by atoms with Crippen LogP contribution in [-0.4, -0.2) is 34.0 Å². The Morgan fingerprint density at radius 2 is 1.88 bits per heavy atom. The topological polar surface area (TPSA) is 59.2 Å². The first-order valence-electron chi connectivity index (χ1n) is 9.92. The van der Waals surface area contributed by atoms with Crippen LogP contribution >= 0.6 is 0 Å². The van der Waals surface area contributed by atoms with E-state index in [-0.39, 0.29) is 11.8 Å². The Morgan fingerprint density at radius 1 is 1.12 bits per heavy atom. The second kappa shape index (κ2) is 8.02. The molecule has 1 aromatic carbocycles. The van der Waals surface area contributed by atoms with Crippen LogP contribution in [0.1, 0.15) is 68.1 Å². The summed E-state index contributed by atoms with van der Waals surface area (Å²) in [6.45, 7) is 1.44. The fourth-order valence-electron chi connectivity index (χ4n) is 4.08. The molecule has 2 aliphatic rings. The minimum atomic E-state index is 0.200. The molecule has 1 saturated carbocycles. The maximum absolute atomic E-state index is 12.4. The highest BCUT2D eigenvalue weighted by atomic mass is 16.5. The van der Waals surface area contributed by atoms with Crippen molar-refractivity contribution in [3.05, 3.63) is 47.6 Å². The van der Waals surface area contributed by atoms with Crippen molar-refractivity contribution in [1.82, 2.24) is 15.0 Å². The molecule has 1 saturated heterocycles. The van der Waals surface area contributed by atoms with Gasteiger partial charge < -0.3 is 9.42 Å². The summed E-state index contributed by atoms with van der Waals surface area (Å²) in [5.41, 5.74) is 1.17. The maximum atomic E-state index is 12.4. The summed E-state index contributed by atoms with van der Waals surface area (Å²) < 4.78 is 5.42. The summed E-state index contributed by atoms with van der Waals surface area (Å²) in [5, 5.41) is 4.09. The van der Waals surface area contributed by atoms with Gasteiger partial charge in [0.25, 0.3) is 0 Å². The van der Waals surface area contributed by atoms with Crippen LogP contribution in [0.15, 0.2) is 34.9 Å². The summed E-state index contributed by atoms with van der Waals surface area (Å²) in [4.78, 5) is 18.8. The molecular weight excluding hydrogens is 326 g/mol. The van der Waals surface area contributed by atoms with Gasteiger partial charge in [0, 0.05) is 25.9 Å². The molecule has 4 rings (SSSR count). The van der Waals surface area contributed by atoms with E-state index < -0.39 is 0 Å². The molecule has 2 aromatic rings. The van der Waals surface area contributed by atoms with E-state index in [1.165, 1.54) is 37.7 Å². The molecule has 5 nitrogen and oxygen atoms in total. The average molecular weight is 353 g/mol. The molecule has 0 N–H and O–H groups in total. The summed E-state index contributed by atoms with van der Waals surface area (Å²) >= 11 is 0. The van der Waals surface area contributed by atoms with Gasteiger partial charge in [-0.2, -0.15) is 4.98 Å². The predicted octanol–water partition coefficient (Wildman–Crippen LogP) is 3.95. The van der Waals surface area contributed by atoms with Gasteiger partial charge in [-0.1, -0.05) is 67.6 Å². The highest BCUT2D eigenvalue weighted by Gasteiger charge is 2.35. The van der Waals surface area contributed by atoms with Crippen molar-refractivity contribution in [2.24, 2.45) is 5.92 Å². The molecule has 2 heterocycles. The van der Waals surface area contributed by atoms with Gasteiger partial charge in [-0.3, -0.25) is 4.79 Å². The number of likely N-dealkylation sites (tertiary alicyclic amines) is 1. The molecule has 1 aliphatic heterocycles. The van der Waals surface area contributed by atoms with E-state index in [0.29, 0.717) is 24.6 Å². The van der Waals surface area contributed by atoms with Crippen LogP contribution in [0.25, 0.3) is 0 Å². The smallest absolute Gasteiger partial charge is 0.233 e. The average Bonchev–Trinajstić information content (AvgIpc) is 3.08. The van der Waals surface area contributed by atoms with Crippen molar-refractivity contribution in [2.75, 3.05) is 13.1 Å². The third-order valence-electron chi connectivity index (χ3n) is 5.76. The lowest BCUT2D eigenvalue weighted by Crippen LogP contribution is -2.48. The molecule has 138 valence electrons. The lowest BCUT2D eigenvalue weighted by Gasteiger charge is -2.37. The quantitative estimate of drug-likeness (QED) is 0.789. The highest BCUT2D eigenvalue weighted by Crippen LogP contribution is 2.30. The van der Waals surface area contributed by atoms with Crippen LogP contribution in [0.4, 0.5) is 0 Å². The van der Waals surface area contributed by atoms with Crippen molar-refractivity contribution >= 4 is 5.91 Å². The second-order valence-electron chi connectivity index (χ2n) is 7.75. The van der Waals surface area contributed by atoms with E-state index in [9.17, 15) is 4.79 Å². The third kappa shape index (κ3) is 4.14. The lowest BCUT2D eigenvalue weighted by molar-refractivity contribution is -0.136. The summed E-state index contributed by atoms with van der Waals surface area (Å²) in [5.74, 6) is 2.64. The van der Waals surface area contributed by atoms with E-state index in [4.69, 9.17) is 4.52 Å². The molecule has 1 amide bonds. The molecule has 5 heteroatoms. The predicted molar refractivity (Wildman–Crippen MR) is 98.7 cm³/mol. The van der Waals surface area contributed by atoms with Crippen LogP contribution in [0.2, 0.25) is 0 Å². The standard InChI is InChI=1S/C21H27N3O2/c25-20(12-11-16-7-3-1-4-8-16)24-14-18(15-24)21-22-19(23-26-21)13-17-9-5-2-6-10-17/h2,5-6,9-10,16,18H,1,3-4,7-8,11-15H2. The highest BCUT2D eigenvalue weighted by molar-refractivity contribution is 5.77. The summed E-state index contributed by atoms with van der Waals surface area (Å²) in [6.07, 6.45) is 9.10. The first-order chi connectivity index (χ1) is 12.8. The zero-order valence-electron chi connectivity index (χ0n) is 15.3.